The first-order valence-corrected chi connectivity index (χ1v) is 6.66. The van der Waals surface area contributed by atoms with Crippen LogP contribution in [0.1, 0.15) is 17.3 Å². The number of aliphatic hydroxyl groups excluding tert-OH is 1. The van der Waals surface area contributed by atoms with Gasteiger partial charge in [0.1, 0.15) is 0 Å². The molecule has 1 unspecified atom stereocenters. The van der Waals surface area contributed by atoms with Crippen molar-refractivity contribution in [3.8, 4) is 0 Å². The van der Waals surface area contributed by atoms with E-state index in [0.29, 0.717) is 11.3 Å². The number of nitro groups is 1. The molecule has 0 fully saturated rings. The predicted octanol–water partition coefficient (Wildman–Crippen LogP) is 2.14. The number of aliphatic hydroxyl groups is 1. The Morgan fingerprint density at radius 3 is 2.89 bits per heavy atom. The third kappa shape index (κ3) is 4.46. The number of rotatable bonds is 7. The molecule has 0 radical (unpaired) electrons. The van der Waals surface area contributed by atoms with E-state index in [1.54, 1.807) is 6.07 Å². The van der Waals surface area contributed by atoms with Gasteiger partial charge in [0.2, 0.25) is 0 Å². The Bertz CT molecular complexity index is 436. The molecule has 0 saturated heterocycles. The van der Waals surface area contributed by atoms with Crippen molar-refractivity contribution in [2.45, 2.75) is 6.92 Å². The van der Waals surface area contributed by atoms with Crippen molar-refractivity contribution in [2.75, 3.05) is 18.1 Å². The molecule has 1 aromatic carbocycles. The van der Waals surface area contributed by atoms with Crippen LogP contribution in [0, 0.1) is 16.0 Å². The van der Waals surface area contributed by atoms with Crippen molar-refractivity contribution in [2.24, 2.45) is 5.92 Å². The number of thioether (sulfide) groups is 1. The quantitative estimate of drug-likeness (QED) is 0.466. The molecule has 1 atom stereocenters. The Balaban J connectivity index is 2.56. The summed E-state index contributed by atoms with van der Waals surface area (Å²) < 4.78 is 0. The molecule has 1 rings (SSSR count). The molecule has 0 spiro atoms. The van der Waals surface area contributed by atoms with E-state index in [1.807, 2.05) is 6.92 Å². The first-order chi connectivity index (χ1) is 8.54. The first kappa shape index (κ1) is 14.7. The summed E-state index contributed by atoms with van der Waals surface area (Å²) in [5.41, 5.74) is 0.280. The third-order valence-corrected chi connectivity index (χ3v) is 3.60. The highest BCUT2D eigenvalue weighted by Crippen LogP contribution is 2.16. The van der Waals surface area contributed by atoms with Gasteiger partial charge in [-0.2, -0.15) is 11.8 Å². The number of hydrogen-bond acceptors (Lipinski definition) is 5. The van der Waals surface area contributed by atoms with Crippen LogP contribution in [0.25, 0.3) is 0 Å². The number of carbonyl (C=O) groups excluding carboxylic acids is 1. The van der Waals surface area contributed by atoms with Gasteiger partial charge in [0, 0.05) is 24.3 Å². The van der Waals surface area contributed by atoms with Crippen LogP contribution in [-0.4, -0.2) is 33.9 Å². The summed E-state index contributed by atoms with van der Waals surface area (Å²) in [6, 6.07) is 5.73. The van der Waals surface area contributed by atoms with E-state index in [1.165, 1.54) is 30.0 Å². The van der Waals surface area contributed by atoms with Gasteiger partial charge in [-0.25, -0.2) is 0 Å². The molecule has 0 aliphatic carbocycles. The SMILES string of the molecule is CC(CO)CSCC(=O)c1cccc([N+](=O)[O-])c1. The van der Waals surface area contributed by atoms with E-state index in [9.17, 15) is 14.9 Å². The highest BCUT2D eigenvalue weighted by atomic mass is 32.2. The molecule has 5 nitrogen and oxygen atoms in total. The maximum atomic E-state index is 11.8. The normalized spacial score (nSPS) is 12.1. The lowest BCUT2D eigenvalue weighted by Gasteiger charge is -2.06. The van der Waals surface area contributed by atoms with E-state index in [0.717, 1.165) is 0 Å². The van der Waals surface area contributed by atoms with Crippen molar-refractivity contribution in [3.05, 3.63) is 39.9 Å². The number of benzene rings is 1. The van der Waals surface area contributed by atoms with Crippen LogP contribution in [0.3, 0.4) is 0 Å². The number of hydrogen-bond donors (Lipinski definition) is 1. The highest BCUT2D eigenvalue weighted by Gasteiger charge is 2.12. The van der Waals surface area contributed by atoms with Crippen LogP contribution >= 0.6 is 11.8 Å². The topological polar surface area (TPSA) is 80.4 Å². The van der Waals surface area contributed by atoms with E-state index in [2.05, 4.69) is 0 Å². The summed E-state index contributed by atoms with van der Waals surface area (Å²) in [5, 5.41) is 19.4. The monoisotopic (exact) mass is 269 g/mol. The summed E-state index contributed by atoms with van der Waals surface area (Å²) in [6.07, 6.45) is 0. The van der Waals surface area contributed by atoms with E-state index < -0.39 is 4.92 Å². The van der Waals surface area contributed by atoms with Crippen molar-refractivity contribution >= 4 is 23.2 Å². The third-order valence-electron chi connectivity index (χ3n) is 2.33. The van der Waals surface area contributed by atoms with Gasteiger partial charge in [-0.3, -0.25) is 14.9 Å². The van der Waals surface area contributed by atoms with Gasteiger partial charge in [0.25, 0.3) is 5.69 Å². The molecule has 0 aromatic heterocycles. The number of nitro benzene ring substituents is 1. The summed E-state index contributed by atoms with van der Waals surface area (Å²) in [7, 11) is 0. The molecule has 6 heteroatoms. The summed E-state index contributed by atoms with van der Waals surface area (Å²) in [4.78, 5) is 21.8. The second kappa shape index (κ2) is 7.13. The minimum Gasteiger partial charge on any atom is -0.396 e. The molecule has 1 aromatic rings. The number of Topliss-reactive ketones (excluding diaryl/α,β-unsaturated/α-hetero) is 1. The zero-order chi connectivity index (χ0) is 13.5. The van der Waals surface area contributed by atoms with Gasteiger partial charge in [-0.15, -0.1) is 0 Å². The van der Waals surface area contributed by atoms with E-state index >= 15 is 0 Å². The van der Waals surface area contributed by atoms with Gasteiger partial charge >= 0.3 is 0 Å². The fourth-order valence-electron chi connectivity index (χ4n) is 1.28. The van der Waals surface area contributed by atoms with Gasteiger partial charge in [-0.1, -0.05) is 19.1 Å². The van der Waals surface area contributed by atoms with Gasteiger partial charge < -0.3 is 5.11 Å². The molecule has 0 aliphatic heterocycles. The number of non-ortho nitro benzene ring substituents is 1. The van der Waals surface area contributed by atoms with Gasteiger partial charge in [-0.05, 0) is 11.7 Å². The Labute approximate surface area is 109 Å². The fourth-order valence-corrected chi connectivity index (χ4v) is 2.26. The lowest BCUT2D eigenvalue weighted by atomic mass is 10.1. The van der Waals surface area contributed by atoms with Crippen LogP contribution in [-0.2, 0) is 0 Å². The maximum Gasteiger partial charge on any atom is 0.270 e. The molecule has 18 heavy (non-hydrogen) atoms. The molecule has 0 amide bonds. The summed E-state index contributed by atoms with van der Waals surface area (Å²) in [6.45, 7) is 1.99. The zero-order valence-electron chi connectivity index (χ0n) is 10.0. The Morgan fingerprint density at radius 1 is 1.56 bits per heavy atom. The molecule has 0 aliphatic rings. The van der Waals surface area contributed by atoms with Crippen molar-refractivity contribution < 1.29 is 14.8 Å². The number of carbonyl (C=O) groups is 1. The van der Waals surface area contributed by atoms with Gasteiger partial charge in [0.15, 0.2) is 5.78 Å². The van der Waals surface area contributed by atoms with Crippen LogP contribution in [0.5, 0.6) is 0 Å². The smallest absolute Gasteiger partial charge is 0.270 e. The maximum absolute atomic E-state index is 11.8. The lowest BCUT2D eigenvalue weighted by Crippen LogP contribution is -2.08. The molecule has 1 N–H and O–H groups in total. The Kier molecular flexibility index (Phi) is 5.80. The second-order valence-corrected chi connectivity index (χ2v) is 5.06. The molecule has 98 valence electrons. The standard InChI is InChI=1S/C12H15NO4S/c1-9(6-14)7-18-8-12(15)10-3-2-4-11(5-10)13(16)17/h2-5,9,14H,6-8H2,1H3. The average molecular weight is 269 g/mol. The number of ketones is 1. The zero-order valence-corrected chi connectivity index (χ0v) is 10.9. The summed E-state index contributed by atoms with van der Waals surface area (Å²) in [5.74, 6) is 0.976. The minimum atomic E-state index is -0.516. The fraction of sp³-hybridized carbons (Fsp3) is 0.417. The van der Waals surface area contributed by atoms with E-state index in [-0.39, 0.29) is 29.7 Å². The van der Waals surface area contributed by atoms with Crippen LogP contribution in [0.4, 0.5) is 5.69 Å². The van der Waals surface area contributed by atoms with Crippen LogP contribution < -0.4 is 0 Å². The van der Waals surface area contributed by atoms with E-state index in [4.69, 9.17) is 5.11 Å². The Hall–Kier alpha value is -1.40. The number of nitrogens with zero attached hydrogens (tertiary/aromatic N) is 1. The lowest BCUT2D eigenvalue weighted by molar-refractivity contribution is -0.384. The molecule has 0 heterocycles. The van der Waals surface area contributed by atoms with Crippen LogP contribution in [0.2, 0.25) is 0 Å². The molecule has 0 bridgehead atoms. The van der Waals surface area contributed by atoms with Crippen molar-refractivity contribution in [1.29, 1.82) is 0 Å². The van der Waals surface area contributed by atoms with Crippen molar-refractivity contribution in [3.63, 3.8) is 0 Å². The highest BCUT2D eigenvalue weighted by molar-refractivity contribution is 7.99. The average Bonchev–Trinajstić information content (AvgIpc) is 2.38. The van der Waals surface area contributed by atoms with Crippen LogP contribution in [0.15, 0.2) is 24.3 Å². The first-order valence-electron chi connectivity index (χ1n) is 5.51. The minimum absolute atomic E-state index is 0.0745. The molecule has 0 saturated carbocycles. The Morgan fingerprint density at radius 2 is 2.28 bits per heavy atom. The predicted molar refractivity (Wildman–Crippen MR) is 71.0 cm³/mol. The largest absolute Gasteiger partial charge is 0.396 e. The molecular weight excluding hydrogens is 254 g/mol. The second-order valence-electron chi connectivity index (χ2n) is 4.03. The van der Waals surface area contributed by atoms with Gasteiger partial charge in [0.05, 0.1) is 10.7 Å². The van der Waals surface area contributed by atoms with Crippen molar-refractivity contribution in [1.82, 2.24) is 0 Å². The molecular formula is C12H15NO4S. The summed E-state index contributed by atoms with van der Waals surface area (Å²) >= 11 is 1.42.